The van der Waals surface area contributed by atoms with E-state index in [0.29, 0.717) is 0 Å². The Hall–Kier alpha value is -0.600. The van der Waals surface area contributed by atoms with E-state index in [2.05, 4.69) is 20.7 Å². The smallest absolute Gasteiger partial charge is 0.207 e. The van der Waals surface area contributed by atoms with Crippen molar-refractivity contribution in [2.45, 2.75) is 49.1 Å². The summed E-state index contributed by atoms with van der Waals surface area (Å²) in [5.74, 6) is 0. The number of nitrogens with one attached hydrogen (secondary N) is 1. The maximum atomic E-state index is 12.9. The minimum absolute atomic E-state index is 0.203. The van der Waals surface area contributed by atoms with E-state index in [1.807, 2.05) is 0 Å². The van der Waals surface area contributed by atoms with Crippen LogP contribution in [0.2, 0.25) is 0 Å². The zero-order valence-electron chi connectivity index (χ0n) is 12.0. The molecule has 0 aromatic heterocycles. The van der Waals surface area contributed by atoms with Crippen molar-refractivity contribution in [2.75, 3.05) is 0 Å². The summed E-state index contributed by atoms with van der Waals surface area (Å²) in [4.78, 5) is -0.565. The van der Waals surface area contributed by atoms with Gasteiger partial charge in [0.05, 0.1) is 10.5 Å². The lowest BCUT2D eigenvalue weighted by Gasteiger charge is -2.29. The normalized spacial score (nSPS) is 15.0. The summed E-state index contributed by atoms with van der Waals surface area (Å²) < 4.78 is 65.7. The van der Waals surface area contributed by atoms with E-state index >= 15 is 0 Å². The fraction of sp³-hybridized carbons (Fsp3) is 0.538. The first kappa shape index (κ1) is 18.4. The summed E-state index contributed by atoms with van der Waals surface area (Å²) in [6.45, 7) is 6.20. The molecule has 3 nitrogen and oxygen atoms in total. The number of halogens is 4. The molecular weight excluding hydrogens is 371 g/mol. The van der Waals surface area contributed by atoms with Crippen LogP contribution in [-0.2, 0) is 16.2 Å². The highest BCUT2D eigenvalue weighted by Crippen LogP contribution is 2.34. The molecule has 0 spiro atoms. The fourth-order valence-corrected chi connectivity index (χ4v) is 3.71. The maximum absolute atomic E-state index is 12.9. The first-order valence-corrected chi connectivity index (χ1v) is 8.54. The van der Waals surface area contributed by atoms with Gasteiger partial charge in [-0.2, -0.15) is 13.2 Å². The molecule has 1 unspecified atom stereocenters. The summed E-state index contributed by atoms with van der Waals surface area (Å²) in [6, 6.07) is 3.13. The van der Waals surface area contributed by atoms with Gasteiger partial charge in [0, 0.05) is 10.4 Å². The van der Waals surface area contributed by atoms with Crippen LogP contribution >= 0.6 is 15.9 Å². The highest BCUT2D eigenvalue weighted by atomic mass is 79.9. The van der Waals surface area contributed by atoms with Gasteiger partial charge in [0.2, 0.25) is 10.0 Å². The lowest BCUT2D eigenvalue weighted by atomic mass is 10.0. The first-order chi connectivity index (χ1) is 9.29. The number of hydrogen-bond acceptors (Lipinski definition) is 2. The first-order valence-electron chi connectivity index (χ1n) is 6.14. The molecule has 0 aliphatic carbocycles. The Labute approximate surface area is 131 Å². The van der Waals surface area contributed by atoms with Crippen molar-refractivity contribution in [1.82, 2.24) is 4.72 Å². The van der Waals surface area contributed by atoms with Crippen molar-refractivity contribution in [3.63, 3.8) is 0 Å². The molecule has 1 rings (SSSR count). The van der Waals surface area contributed by atoms with Crippen LogP contribution in [-0.4, -0.2) is 18.8 Å². The molecule has 1 N–H and O–H groups in total. The van der Waals surface area contributed by atoms with Crippen molar-refractivity contribution >= 4 is 26.0 Å². The third-order valence-electron chi connectivity index (χ3n) is 3.27. The van der Waals surface area contributed by atoms with E-state index in [9.17, 15) is 21.6 Å². The van der Waals surface area contributed by atoms with Crippen LogP contribution in [0, 0.1) is 6.92 Å². The van der Waals surface area contributed by atoms with Gasteiger partial charge >= 0.3 is 6.18 Å². The Morgan fingerprint density at radius 1 is 1.24 bits per heavy atom. The third kappa shape index (κ3) is 4.20. The number of benzene rings is 1. The van der Waals surface area contributed by atoms with E-state index < -0.39 is 27.3 Å². The van der Waals surface area contributed by atoms with Gasteiger partial charge in [-0.25, -0.2) is 13.1 Å². The zero-order valence-corrected chi connectivity index (χ0v) is 14.4. The van der Waals surface area contributed by atoms with Crippen molar-refractivity contribution < 1.29 is 21.6 Å². The second-order valence-electron chi connectivity index (χ2n) is 5.37. The summed E-state index contributed by atoms with van der Waals surface area (Å²) in [5.41, 5.74) is -2.11. The lowest BCUT2D eigenvalue weighted by molar-refractivity contribution is -0.138. The number of sulfonamides is 1. The molecular formula is C13H17BrF3NO2S. The molecule has 1 aromatic rings. The molecule has 0 heterocycles. The number of hydrogen-bond donors (Lipinski definition) is 1. The van der Waals surface area contributed by atoms with E-state index in [4.69, 9.17) is 0 Å². The molecule has 0 aliphatic heterocycles. The Morgan fingerprint density at radius 3 is 2.19 bits per heavy atom. The van der Waals surface area contributed by atoms with Crippen LogP contribution in [0.1, 0.15) is 31.9 Å². The molecule has 0 saturated heterocycles. The van der Waals surface area contributed by atoms with Gasteiger partial charge in [0.25, 0.3) is 0 Å². The average Bonchev–Trinajstić information content (AvgIpc) is 2.25. The van der Waals surface area contributed by atoms with Crippen LogP contribution in [0.3, 0.4) is 0 Å². The van der Waals surface area contributed by atoms with Crippen molar-refractivity contribution in [1.29, 1.82) is 0 Å². The Bertz CT molecular complexity index is 625. The second-order valence-corrected chi connectivity index (χ2v) is 8.39. The van der Waals surface area contributed by atoms with Gasteiger partial charge < -0.3 is 0 Å². The molecule has 0 aliphatic rings. The molecule has 0 bridgehead atoms. The molecule has 21 heavy (non-hydrogen) atoms. The molecule has 1 aromatic carbocycles. The van der Waals surface area contributed by atoms with E-state index in [0.717, 1.165) is 19.1 Å². The van der Waals surface area contributed by atoms with Crippen LogP contribution < -0.4 is 4.72 Å². The summed E-state index contributed by atoms with van der Waals surface area (Å²) in [7, 11) is -4.06. The number of rotatable bonds is 4. The van der Waals surface area contributed by atoms with Gasteiger partial charge in [-0.15, -0.1) is 0 Å². The predicted octanol–water partition coefficient (Wildman–Crippen LogP) is 3.85. The fourth-order valence-electron chi connectivity index (χ4n) is 1.70. The van der Waals surface area contributed by atoms with E-state index in [1.165, 1.54) is 6.07 Å². The average molecular weight is 388 g/mol. The Balaban J connectivity index is 3.35. The lowest BCUT2D eigenvalue weighted by Crippen LogP contribution is -2.48. The van der Waals surface area contributed by atoms with E-state index in [1.54, 1.807) is 20.8 Å². The van der Waals surface area contributed by atoms with Gasteiger partial charge in [0.1, 0.15) is 0 Å². The largest absolute Gasteiger partial charge is 0.416 e. The Kier molecular flexibility index (Phi) is 5.17. The topological polar surface area (TPSA) is 46.2 Å². The second kappa shape index (κ2) is 5.89. The van der Waals surface area contributed by atoms with Gasteiger partial charge in [-0.05, 0) is 38.5 Å². The van der Waals surface area contributed by atoms with Crippen LogP contribution in [0.4, 0.5) is 13.2 Å². The van der Waals surface area contributed by atoms with Crippen molar-refractivity contribution in [3.05, 3.63) is 29.3 Å². The minimum Gasteiger partial charge on any atom is -0.207 e. The van der Waals surface area contributed by atoms with E-state index in [-0.39, 0.29) is 15.3 Å². The molecule has 0 radical (unpaired) electrons. The molecule has 0 amide bonds. The highest BCUT2D eigenvalue weighted by molar-refractivity contribution is 9.09. The van der Waals surface area contributed by atoms with Gasteiger partial charge in [-0.1, -0.05) is 28.9 Å². The Morgan fingerprint density at radius 2 is 1.76 bits per heavy atom. The molecule has 0 fully saturated rings. The van der Waals surface area contributed by atoms with Crippen LogP contribution in [0.5, 0.6) is 0 Å². The third-order valence-corrected chi connectivity index (χ3v) is 6.23. The standard InChI is InChI=1S/C13H17BrF3NO2S/c1-8-10(13(15,16)17)6-5-7-11(8)21(19,20)18-12(3,4)9(2)14/h5-7,9,18H,1-4H3. The quantitative estimate of drug-likeness (QED) is 0.797. The summed E-state index contributed by atoms with van der Waals surface area (Å²) in [5, 5.41) is 0. The minimum atomic E-state index is -4.59. The zero-order chi connectivity index (χ0) is 16.6. The summed E-state index contributed by atoms with van der Waals surface area (Å²) >= 11 is 3.28. The van der Waals surface area contributed by atoms with Crippen molar-refractivity contribution in [2.24, 2.45) is 0 Å². The maximum Gasteiger partial charge on any atom is 0.416 e. The van der Waals surface area contributed by atoms with Gasteiger partial charge in [0.15, 0.2) is 0 Å². The van der Waals surface area contributed by atoms with Crippen molar-refractivity contribution in [3.8, 4) is 0 Å². The molecule has 1 atom stereocenters. The molecule has 8 heteroatoms. The monoisotopic (exact) mass is 387 g/mol. The van der Waals surface area contributed by atoms with Crippen LogP contribution in [0.15, 0.2) is 23.1 Å². The SMILES string of the molecule is Cc1c(C(F)(F)F)cccc1S(=O)(=O)NC(C)(C)C(C)Br. The molecule has 0 saturated carbocycles. The van der Waals surface area contributed by atoms with Gasteiger partial charge in [-0.3, -0.25) is 0 Å². The molecule has 120 valence electrons. The van der Waals surface area contributed by atoms with Crippen LogP contribution in [0.25, 0.3) is 0 Å². The highest BCUT2D eigenvalue weighted by Gasteiger charge is 2.36. The summed E-state index contributed by atoms with van der Waals surface area (Å²) in [6.07, 6.45) is -4.59. The predicted molar refractivity (Wildman–Crippen MR) is 79.0 cm³/mol. The number of alkyl halides is 4.